The average Bonchev–Trinajstić information content (AvgIpc) is 3.62. The minimum absolute atomic E-state index is 0.239. The smallest absolute Gasteiger partial charge is 0.245 e. The van der Waals surface area contributed by atoms with E-state index in [0.29, 0.717) is 30.0 Å². The van der Waals surface area contributed by atoms with Crippen LogP contribution in [0.4, 0.5) is 0 Å². The Bertz CT molecular complexity index is 1740. The fourth-order valence-electron chi connectivity index (χ4n) is 4.94. The molecule has 0 amide bonds. The number of imidazole rings is 1. The van der Waals surface area contributed by atoms with Crippen molar-refractivity contribution in [3.8, 4) is 17.3 Å². The first-order valence-corrected chi connectivity index (χ1v) is 13.7. The van der Waals surface area contributed by atoms with Crippen LogP contribution in [0.15, 0.2) is 59.9 Å². The van der Waals surface area contributed by atoms with E-state index < -0.39 is 10.0 Å². The predicted molar refractivity (Wildman–Crippen MR) is 140 cm³/mol. The largest absolute Gasteiger partial charge is 0.471 e. The third kappa shape index (κ3) is 3.94. The van der Waals surface area contributed by atoms with E-state index in [0.717, 1.165) is 34.4 Å². The zero-order valence-corrected chi connectivity index (χ0v) is 21.7. The number of sulfonamides is 1. The first kappa shape index (κ1) is 23.6. The van der Waals surface area contributed by atoms with E-state index in [1.807, 2.05) is 60.5 Å². The average molecular weight is 518 g/mol. The lowest BCUT2D eigenvalue weighted by atomic mass is 10.1. The summed E-state index contributed by atoms with van der Waals surface area (Å²) in [5, 5.41) is 6.33. The van der Waals surface area contributed by atoms with Gasteiger partial charge >= 0.3 is 0 Å². The molecule has 11 heteroatoms. The fourth-order valence-corrected chi connectivity index (χ4v) is 6.46. The Morgan fingerprint density at radius 2 is 1.92 bits per heavy atom. The molecule has 4 heterocycles. The van der Waals surface area contributed by atoms with E-state index >= 15 is 0 Å². The van der Waals surface area contributed by atoms with Crippen LogP contribution < -0.4 is 4.74 Å². The van der Waals surface area contributed by atoms with Crippen LogP contribution in [-0.2, 0) is 23.6 Å². The Morgan fingerprint density at radius 3 is 2.70 bits per heavy atom. The van der Waals surface area contributed by atoms with Crippen LogP contribution in [-0.4, -0.2) is 61.2 Å². The third-order valence-electron chi connectivity index (χ3n) is 7.01. The maximum atomic E-state index is 13.4. The summed E-state index contributed by atoms with van der Waals surface area (Å²) >= 11 is 0. The van der Waals surface area contributed by atoms with Crippen molar-refractivity contribution < 1.29 is 13.2 Å². The Kier molecular flexibility index (Phi) is 5.68. The van der Waals surface area contributed by atoms with Gasteiger partial charge in [-0.3, -0.25) is 4.68 Å². The van der Waals surface area contributed by atoms with Crippen molar-refractivity contribution in [3.05, 3.63) is 60.7 Å². The molecule has 6 rings (SSSR count). The summed E-state index contributed by atoms with van der Waals surface area (Å²) in [6.45, 7) is 5.43. The quantitative estimate of drug-likeness (QED) is 0.339. The highest BCUT2D eigenvalue weighted by molar-refractivity contribution is 7.89. The molecule has 1 unspecified atom stereocenters. The number of fused-ring (bicyclic) bond motifs is 2. The van der Waals surface area contributed by atoms with Gasteiger partial charge in [-0.1, -0.05) is 30.3 Å². The number of hydrogen-bond acceptors (Lipinski definition) is 7. The molecule has 0 spiro atoms. The molecule has 2 aromatic carbocycles. The van der Waals surface area contributed by atoms with E-state index in [1.54, 1.807) is 18.3 Å². The Labute approximate surface area is 214 Å². The lowest BCUT2D eigenvalue weighted by Crippen LogP contribution is -2.31. The Hall–Kier alpha value is -3.83. The van der Waals surface area contributed by atoms with E-state index in [1.165, 1.54) is 10.6 Å². The van der Waals surface area contributed by atoms with Gasteiger partial charge in [-0.2, -0.15) is 14.4 Å². The molecule has 3 aromatic heterocycles. The summed E-state index contributed by atoms with van der Waals surface area (Å²) in [6, 6.07) is 13.0. The molecule has 0 radical (unpaired) electrons. The number of benzene rings is 2. The standard InChI is InChI=1S/C26H27N7O3S/c1-4-33-17(2)22(14-29-33)24-30-23-25(31(24)3)27-16-28-26(23)36-20-11-12-32(15-20)37(34,35)21-10-9-18-7-5-6-8-19(18)13-21/h5-10,13-14,16,20H,4,11-12,15H2,1-3H3. The van der Waals surface area contributed by atoms with Crippen LogP contribution in [0.3, 0.4) is 0 Å². The topological polar surface area (TPSA) is 108 Å². The van der Waals surface area contributed by atoms with Gasteiger partial charge in [-0.25, -0.2) is 18.4 Å². The number of ether oxygens (including phenoxy) is 1. The van der Waals surface area contributed by atoms with Crippen molar-refractivity contribution in [2.24, 2.45) is 7.05 Å². The summed E-state index contributed by atoms with van der Waals surface area (Å²) < 4.78 is 38.3. The summed E-state index contributed by atoms with van der Waals surface area (Å²) in [6.07, 6.45) is 3.47. The van der Waals surface area contributed by atoms with E-state index in [-0.39, 0.29) is 17.5 Å². The molecule has 0 saturated carbocycles. The minimum atomic E-state index is -3.65. The number of rotatable bonds is 6. The van der Waals surface area contributed by atoms with Crippen LogP contribution in [0.25, 0.3) is 33.3 Å². The second-order valence-electron chi connectivity index (χ2n) is 9.21. The van der Waals surface area contributed by atoms with Gasteiger partial charge in [0.1, 0.15) is 18.3 Å². The summed E-state index contributed by atoms with van der Waals surface area (Å²) in [4.78, 5) is 13.8. The van der Waals surface area contributed by atoms with Gasteiger partial charge in [-0.05, 0) is 43.2 Å². The lowest BCUT2D eigenvalue weighted by Gasteiger charge is -2.17. The SMILES string of the molecule is CCn1ncc(-c2nc3c(OC4CCN(S(=O)(=O)c5ccc6ccccc6c5)C4)ncnc3n2C)c1C. The van der Waals surface area contributed by atoms with E-state index in [9.17, 15) is 8.42 Å². The molecule has 1 fully saturated rings. The first-order chi connectivity index (χ1) is 17.9. The predicted octanol–water partition coefficient (Wildman–Crippen LogP) is 3.55. The van der Waals surface area contributed by atoms with Gasteiger partial charge < -0.3 is 9.30 Å². The Morgan fingerprint density at radius 1 is 1.11 bits per heavy atom. The number of aromatic nitrogens is 6. The van der Waals surface area contributed by atoms with Crippen molar-refractivity contribution in [1.29, 1.82) is 0 Å². The van der Waals surface area contributed by atoms with Crippen molar-refractivity contribution in [2.75, 3.05) is 13.1 Å². The highest BCUT2D eigenvalue weighted by Gasteiger charge is 2.34. The zero-order chi connectivity index (χ0) is 25.7. The van der Waals surface area contributed by atoms with Gasteiger partial charge in [0, 0.05) is 25.8 Å². The maximum Gasteiger partial charge on any atom is 0.245 e. The molecule has 1 saturated heterocycles. The van der Waals surface area contributed by atoms with Gasteiger partial charge in [0.2, 0.25) is 15.9 Å². The van der Waals surface area contributed by atoms with Crippen molar-refractivity contribution in [1.82, 2.24) is 33.6 Å². The molecule has 0 bridgehead atoms. The lowest BCUT2D eigenvalue weighted by molar-refractivity contribution is 0.209. The minimum Gasteiger partial charge on any atom is -0.471 e. The van der Waals surface area contributed by atoms with Gasteiger partial charge in [0.15, 0.2) is 11.2 Å². The molecule has 1 aliphatic heterocycles. The molecular weight excluding hydrogens is 490 g/mol. The van der Waals surface area contributed by atoms with Crippen molar-refractivity contribution in [3.63, 3.8) is 0 Å². The van der Waals surface area contributed by atoms with E-state index in [2.05, 4.69) is 15.1 Å². The second-order valence-corrected chi connectivity index (χ2v) is 11.1. The number of aryl methyl sites for hydroxylation is 2. The Balaban J connectivity index is 1.26. The van der Waals surface area contributed by atoms with Crippen LogP contribution in [0.1, 0.15) is 19.0 Å². The molecule has 0 aliphatic carbocycles. The molecule has 37 heavy (non-hydrogen) atoms. The highest BCUT2D eigenvalue weighted by Crippen LogP contribution is 2.31. The highest BCUT2D eigenvalue weighted by atomic mass is 32.2. The van der Waals surface area contributed by atoms with Crippen molar-refractivity contribution in [2.45, 2.75) is 37.8 Å². The van der Waals surface area contributed by atoms with Crippen molar-refractivity contribution >= 4 is 32.0 Å². The molecule has 0 N–H and O–H groups in total. The molecule has 1 atom stereocenters. The number of nitrogens with zero attached hydrogens (tertiary/aromatic N) is 7. The second kappa shape index (κ2) is 8.93. The van der Waals surface area contributed by atoms with Crippen LogP contribution in [0.5, 0.6) is 5.88 Å². The van der Waals surface area contributed by atoms with Crippen LogP contribution in [0.2, 0.25) is 0 Å². The first-order valence-electron chi connectivity index (χ1n) is 12.2. The molecule has 1 aliphatic rings. The monoisotopic (exact) mass is 517 g/mol. The van der Waals surface area contributed by atoms with Crippen LogP contribution >= 0.6 is 0 Å². The maximum absolute atomic E-state index is 13.4. The number of hydrogen-bond donors (Lipinski definition) is 0. The van der Waals surface area contributed by atoms with Gasteiger partial charge in [0.05, 0.1) is 23.2 Å². The molecule has 10 nitrogen and oxygen atoms in total. The third-order valence-corrected chi connectivity index (χ3v) is 8.87. The summed E-state index contributed by atoms with van der Waals surface area (Å²) in [5.41, 5.74) is 3.12. The molecule has 190 valence electrons. The van der Waals surface area contributed by atoms with Gasteiger partial charge in [-0.15, -0.1) is 0 Å². The van der Waals surface area contributed by atoms with E-state index in [4.69, 9.17) is 9.72 Å². The van der Waals surface area contributed by atoms with Gasteiger partial charge in [0.25, 0.3) is 0 Å². The summed E-state index contributed by atoms with van der Waals surface area (Å²) in [7, 11) is -1.75. The zero-order valence-electron chi connectivity index (χ0n) is 20.9. The fraction of sp³-hybridized carbons (Fsp3) is 0.308. The van der Waals surface area contributed by atoms with Crippen LogP contribution in [0, 0.1) is 6.92 Å². The molecule has 5 aromatic rings. The normalized spacial score (nSPS) is 16.7. The summed E-state index contributed by atoms with van der Waals surface area (Å²) in [5.74, 6) is 1.08. The molecular formula is C26H27N7O3S.